The van der Waals surface area contributed by atoms with Crippen molar-refractivity contribution < 1.29 is 8.83 Å². The molecule has 0 aliphatic heterocycles. The van der Waals surface area contributed by atoms with Crippen LogP contribution in [0, 0.1) is 0 Å². The maximum absolute atomic E-state index is 6.19. The number of fused-ring (bicyclic) bond motifs is 2. The van der Waals surface area contributed by atoms with Crippen molar-refractivity contribution in [3.8, 4) is 56.6 Å². The lowest BCUT2D eigenvalue weighted by Gasteiger charge is -2.17. The summed E-state index contributed by atoms with van der Waals surface area (Å²) in [6.45, 7) is 0. The van der Waals surface area contributed by atoms with E-state index in [4.69, 9.17) is 18.8 Å². The molecule has 0 saturated heterocycles. The molecule has 6 aromatic carbocycles. The minimum Gasteiger partial charge on any atom is -0.444 e. The second-order valence-corrected chi connectivity index (χ2v) is 10.2. The SMILES string of the molecule is c1ccc(-c2coc(-c3ccc4ccccc4c3-c3c(-c4nc(-c5ccccc5)co4)ccc4ccccc34)n2)cc1. The lowest BCUT2D eigenvalue weighted by Crippen LogP contribution is -1.94. The Labute approximate surface area is 242 Å². The second kappa shape index (κ2) is 10.0. The Bertz CT molecular complexity index is 2040. The van der Waals surface area contributed by atoms with Gasteiger partial charge < -0.3 is 8.83 Å². The molecule has 42 heavy (non-hydrogen) atoms. The van der Waals surface area contributed by atoms with Gasteiger partial charge in [0.15, 0.2) is 0 Å². The van der Waals surface area contributed by atoms with Gasteiger partial charge in [-0.1, -0.05) is 121 Å². The van der Waals surface area contributed by atoms with Crippen molar-refractivity contribution in [2.45, 2.75) is 0 Å². The first kappa shape index (κ1) is 24.1. The molecule has 0 spiro atoms. The van der Waals surface area contributed by atoms with Crippen LogP contribution in [-0.2, 0) is 0 Å². The highest BCUT2D eigenvalue weighted by Gasteiger charge is 2.23. The van der Waals surface area contributed by atoms with Crippen LogP contribution < -0.4 is 0 Å². The molecule has 0 amide bonds. The van der Waals surface area contributed by atoms with Gasteiger partial charge in [-0.3, -0.25) is 0 Å². The lowest BCUT2D eigenvalue weighted by atomic mass is 9.87. The predicted octanol–water partition coefficient (Wildman–Crippen LogP) is 10.3. The van der Waals surface area contributed by atoms with Gasteiger partial charge in [0.05, 0.1) is 0 Å². The van der Waals surface area contributed by atoms with Crippen LogP contribution in [0.15, 0.2) is 155 Å². The van der Waals surface area contributed by atoms with Crippen molar-refractivity contribution in [1.29, 1.82) is 0 Å². The Morgan fingerprint density at radius 3 is 1.24 bits per heavy atom. The van der Waals surface area contributed by atoms with Gasteiger partial charge in [-0.25, -0.2) is 9.97 Å². The highest BCUT2D eigenvalue weighted by Crippen LogP contribution is 2.46. The molecular weight excluding hydrogens is 516 g/mol. The van der Waals surface area contributed by atoms with Crippen molar-refractivity contribution in [3.63, 3.8) is 0 Å². The zero-order chi connectivity index (χ0) is 27.9. The minimum atomic E-state index is 0.561. The van der Waals surface area contributed by atoms with E-state index in [0.717, 1.165) is 66.3 Å². The van der Waals surface area contributed by atoms with Crippen molar-refractivity contribution in [2.75, 3.05) is 0 Å². The van der Waals surface area contributed by atoms with E-state index in [1.807, 2.05) is 60.7 Å². The molecule has 0 bridgehead atoms. The van der Waals surface area contributed by atoms with Crippen LogP contribution in [0.25, 0.3) is 78.1 Å². The van der Waals surface area contributed by atoms with Gasteiger partial charge in [0.25, 0.3) is 0 Å². The quantitative estimate of drug-likeness (QED) is 0.218. The fourth-order valence-corrected chi connectivity index (χ4v) is 5.72. The summed E-state index contributed by atoms with van der Waals surface area (Å²) in [5, 5.41) is 4.45. The van der Waals surface area contributed by atoms with Crippen molar-refractivity contribution in [1.82, 2.24) is 9.97 Å². The highest BCUT2D eigenvalue weighted by atomic mass is 16.3. The molecule has 198 valence electrons. The average molecular weight is 541 g/mol. The fourth-order valence-electron chi connectivity index (χ4n) is 5.72. The molecule has 8 aromatic rings. The smallest absolute Gasteiger partial charge is 0.227 e. The topological polar surface area (TPSA) is 52.1 Å². The summed E-state index contributed by atoms with van der Waals surface area (Å²) >= 11 is 0. The van der Waals surface area contributed by atoms with Gasteiger partial charge in [-0.05, 0) is 33.7 Å². The molecule has 0 atom stereocenters. The molecule has 0 unspecified atom stereocenters. The zero-order valence-corrected chi connectivity index (χ0v) is 22.6. The minimum absolute atomic E-state index is 0.561. The number of benzene rings is 6. The Kier molecular flexibility index (Phi) is 5.75. The first-order valence-electron chi connectivity index (χ1n) is 13.9. The molecule has 0 N–H and O–H groups in total. The van der Waals surface area contributed by atoms with Gasteiger partial charge in [-0.2, -0.15) is 0 Å². The summed E-state index contributed by atoms with van der Waals surface area (Å²) in [5.74, 6) is 1.12. The predicted molar refractivity (Wildman–Crippen MR) is 169 cm³/mol. The van der Waals surface area contributed by atoms with Crippen molar-refractivity contribution in [3.05, 3.63) is 146 Å². The van der Waals surface area contributed by atoms with Crippen LogP contribution >= 0.6 is 0 Å². The van der Waals surface area contributed by atoms with E-state index >= 15 is 0 Å². The van der Waals surface area contributed by atoms with Crippen molar-refractivity contribution >= 4 is 21.5 Å². The third-order valence-electron chi connectivity index (χ3n) is 7.72. The molecule has 0 aliphatic carbocycles. The normalized spacial score (nSPS) is 11.3. The Morgan fingerprint density at radius 2 is 0.786 bits per heavy atom. The second-order valence-electron chi connectivity index (χ2n) is 10.2. The van der Waals surface area contributed by atoms with E-state index < -0.39 is 0 Å². The van der Waals surface area contributed by atoms with E-state index in [2.05, 4.69) is 72.8 Å². The lowest BCUT2D eigenvalue weighted by molar-refractivity contribution is 0.574. The largest absolute Gasteiger partial charge is 0.444 e. The Balaban J connectivity index is 1.41. The molecule has 2 aromatic heterocycles. The van der Waals surface area contributed by atoms with Gasteiger partial charge in [0.2, 0.25) is 11.8 Å². The summed E-state index contributed by atoms with van der Waals surface area (Å²) in [4.78, 5) is 9.93. The van der Waals surface area contributed by atoms with E-state index in [0.29, 0.717) is 11.8 Å². The molecule has 0 saturated carbocycles. The maximum atomic E-state index is 6.19. The van der Waals surface area contributed by atoms with Crippen LogP contribution in [0.2, 0.25) is 0 Å². The van der Waals surface area contributed by atoms with Gasteiger partial charge in [-0.15, -0.1) is 0 Å². The zero-order valence-electron chi connectivity index (χ0n) is 22.6. The number of hydrogen-bond donors (Lipinski definition) is 0. The molecule has 0 aliphatic rings. The molecule has 2 heterocycles. The number of aromatic nitrogens is 2. The van der Waals surface area contributed by atoms with Crippen LogP contribution in [-0.4, -0.2) is 9.97 Å². The molecule has 0 fully saturated rings. The van der Waals surface area contributed by atoms with E-state index in [1.165, 1.54) is 0 Å². The van der Waals surface area contributed by atoms with Gasteiger partial charge in [0.1, 0.15) is 23.9 Å². The monoisotopic (exact) mass is 540 g/mol. The molecule has 4 heteroatoms. The van der Waals surface area contributed by atoms with E-state index in [-0.39, 0.29) is 0 Å². The number of hydrogen-bond acceptors (Lipinski definition) is 4. The van der Waals surface area contributed by atoms with E-state index in [9.17, 15) is 0 Å². The summed E-state index contributed by atoms with van der Waals surface area (Å²) < 4.78 is 12.4. The number of oxazole rings is 2. The summed E-state index contributed by atoms with van der Waals surface area (Å²) in [7, 11) is 0. The van der Waals surface area contributed by atoms with Crippen molar-refractivity contribution in [2.24, 2.45) is 0 Å². The summed E-state index contributed by atoms with van der Waals surface area (Å²) in [6, 6.07) is 45.5. The van der Waals surface area contributed by atoms with Crippen LogP contribution in [0.4, 0.5) is 0 Å². The molecule has 0 radical (unpaired) electrons. The Morgan fingerprint density at radius 1 is 0.381 bits per heavy atom. The maximum Gasteiger partial charge on any atom is 0.227 e. The third kappa shape index (κ3) is 4.09. The highest BCUT2D eigenvalue weighted by molar-refractivity contribution is 6.13. The summed E-state index contributed by atoms with van der Waals surface area (Å²) in [6.07, 6.45) is 3.46. The van der Waals surface area contributed by atoms with Crippen LogP contribution in [0.1, 0.15) is 0 Å². The van der Waals surface area contributed by atoms with E-state index in [1.54, 1.807) is 12.5 Å². The third-order valence-corrected chi connectivity index (χ3v) is 7.72. The molecular formula is C38H24N2O2. The Hall–Kier alpha value is -5.74. The first-order valence-corrected chi connectivity index (χ1v) is 13.9. The van der Waals surface area contributed by atoms with Gasteiger partial charge >= 0.3 is 0 Å². The standard InChI is InChI=1S/C38H24N2O2/c1-3-13-27(14-4-1)33-23-41-37(39-33)31-21-19-25-11-7-9-17-29(25)35(31)36-30-18-10-8-12-26(30)20-22-32(36)38-40-34(24-42-38)28-15-5-2-6-16-28/h1-24H. The molecule has 8 rings (SSSR count). The van der Waals surface area contributed by atoms with Gasteiger partial charge in [0, 0.05) is 33.4 Å². The summed E-state index contributed by atoms with van der Waals surface area (Å²) in [5.41, 5.74) is 7.47. The number of rotatable bonds is 5. The molecule has 4 nitrogen and oxygen atoms in total. The number of nitrogens with zero attached hydrogens (tertiary/aromatic N) is 2. The average Bonchev–Trinajstić information content (AvgIpc) is 3.76. The fraction of sp³-hybridized carbons (Fsp3) is 0. The van der Waals surface area contributed by atoms with Crippen LogP contribution in [0.3, 0.4) is 0 Å². The van der Waals surface area contributed by atoms with Crippen LogP contribution in [0.5, 0.6) is 0 Å². The first-order chi connectivity index (χ1) is 20.8.